The van der Waals surface area contributed by atoms with E-state index < -0.39 is 0 Å². The van der Waals surface area contributed by atoms with Gasteiger partial charge >= 0.3 is 0 Å². The van der Waals surface area contributed by atoms with Gasteiger partial charge in [0, 0.05) is 30.9 Å². The quantitative estimate of drug-likeness (QED) is 0.551. The Morgan fingerprint density at radius 1 is 1.22 bits per heavy atom. The number of hydrogen-bond donors (Lipinski definition) is 3. The Balaban J connectivity index is 1.48. The summed E-state index contributed by atoms with van der Waals surface area (Å²) in [5.41, 5.74) is 11.8. The van der Waals surface area contributed by atoms with E-state index in [4.69, 9.17) is 15.7 Å². The van der Waals surface area contributed by atoms with E-state index in [-0.39, 0.29) is 0 Å². The third-order valence-corrected chi connectivity index (χ3v) is 6.05. The fraction of sp³-hybridized carbons (Fsp3) is 0.391. The maximum absolute atomic E-state index is 5.85. The number of fused-ring (bicyclic) bond motifs is 1. The molecule has 32 heavy (non-hydrogen) atoms. The number of nitrogens with two attached hydrogens (primary N) is 1. The van der Waals surface area contributed by atoms with Gasteiger partial charge in [0.1, 0.15) is 17.1 Å². The van der Waals surface area contributed by atoms with Crippen LogP contribution in [-0.4, -0.2) is 45.2 Å². The van der Waals surface area contributed by atoms with Gasteiger partial charge in [0.05, 0.1) is 18.1 Å². The predicted molar refractivity (Wildman–Crippen MR) is 125 cm³/mol. The molecule has 0 aliphatic carbocycles. The second-order valence-corrected chi connectivity index (χ2v) is 8.22. The Labute approximate surface area is 186 Å². The smallest absolute Gasteiger partial charge is 0.159 e. The third kappa shape index (κ3) is 4.09. The van der Waals surface area contributed by atoms with Crippen molar-refractivity contribution in [2.24, 2.45) is 16.0 Å². The summed E-state index contributed by atoms with van der Waals surface area (Å²) in [5.74, 6) is 1.12. The van der Waals surface area contributed by atoms with Crippen LogP contribution in [0.25, 0.3) is 22.2 Å². The molecule has 1 fully saturated rings. The first-order valence-electron chi connectivity index (χ1n) is 11.2. The summed E-state index contributed by atoms with van der Waals surface area (Å²) in [6, 6.07) is 9.22. The molecule has 5 rings (SSSR count). The number of nitrogens with zero attached hydrogens (tertiary/aromatic N) is 5. The summed E-state index contributed by atoms with van der Waals surface area (Å²) in [4.78, 5) is 14.2. The molecule has 0 radical (unpaired) electrons. The molecule has 0 bridgehead atoms. The first-order chi connectivity index (χ1) is 15.7. The highest BCUT2D eigenvalue weighted by Gasteiger charge is 2.22. The summed E-state index contributed by atoms with van der Waals surface area (Å²) >= 11 is 0. The molecule has 2 aromatic heterocycles. The second-order valence-electron chi connectivity index (χ2n) is 8.22. The van der Waals surface area contributed by atoms with Gasteiger partial charge in [0.2, 0.25) is 0 Å². The lowest BCUT2D eigenvalue weighted by molar-refractivity contribution is 0.150. The zero-order chi connectivity index (χ0) is 21.9. The molecule has 0 spiro atoms. The number of amidine groups is 1. The number of oxime groups is 2. The number of rotatable bonds is 6. The number of benzene rings is 1. The van der Waals surface area contributed by atoms with Crippen molar-refractivity contribution in [3.8, 4) is 11.1 Å². The van der Waals surface area contributed by atoms with E-state index in [0.29, 0.717) is 24.0 Å². The molecule has 2 aliphatic heterocycles. The van der Waals surface area contributed by atoms with Gasteiger partial charge in [-0.2, -0.15) is 0 Å². The van der Waals surface area contributed by atoms with Crippen LogP contribution >= 0.6 is 0 Å². The normalized spacial score (nSPS) is 17.2. The zero-order valence-electron chi connectivity index (χ0n) is 18.2. The van der Waals surface area contributed by atoms with Crippen LogP contribution in [-0.2, 0) is 18.0 Å². The topological polar surface area (TPSA) is 115 Å². The van der Waals surface area contributed by atoms with Gasteiger partial charge in [-0.1, -0.05) is 23.4 Å². The van der Waals surface area contributed by atoms with E-state index in [9.17, 15) is 0 Å². The van der Waals surface area contributed by atoms with E-state index in [0.717, 1.165) is 54.2 Å². The maximum atomic E-state index is 5.85. The molecule has 1 aromatic carbocycles. The van der Waals surface area contributed by atoms with Gasteiger partial charge in [-0.05, 0) is 55.2 Å². The Bertz CT molecular complexity index is 1180. The molecule has 0 unspecified atom stereocenters. The van der Waals surface area contributed by atoms with Crippen LogP contribution in [0.4, 0.5) is 0 Å². The van der Waals surface area contributed by atoms with Gasteiger partial charge in [0.25, 0.3) is 0 Å². The number of nitrogens with one attached hydrogen (secondary N) is 2. The van der Waals surface area contributed by atoms with Gasteiger partial charge < -0.3 is 20.9 Å². The number of aromatic nitrogens is 3. The molecule has 9 heteroatoms. The number of pyridine rings is 1. The predicted octanol–water partition coefficient (Wildman–Crippen LogP) is 2.36. The van der Waals surface area contributed by atoms with Gasteiger partial charge in [-0.25, -0.2) is 9.92 Å². The Morgan fingerprint density at radius 3 is 2.91 bits per heavy atom. The number of piperidine rings is 1. The highest BCUT2D eigenvalue weighted by molar-refractivity contribution is 6.11. The molecule has 0 saturated carbocycles. The molecule has 4 heterocycles. The monoisotopic (exact) mass is 432 g/mol. The second kappa shape index (κ2) is 9.05. The Hall–Kier alpha value is -3.30. The summed E-state index contributed by atoms with van der Waals surface area (Å²) in [7, 11) is 0. The highest BCUT2D eigenvalue weighted by atomic mass is 16.8. The molecule has 4 N–H and O–H groups in total. The number of imidazole rings is 1. The maximum Gasteiger partial charge on any atom is 0.159 e. The highest BCUT2D eigenvalue weighted by Crippen LogP contribution is 2.30. The van der Waals surface area contributed by atoms with E-state index in [1.807, 2.05) is 6.20 Å². The zero-order valence-corrected chi connectivity index (χ0v) is 18.2. The molecule has 2 aliphatic rings. The minimum Gasteiger partial charge on any atom is -0.384 e. The van der Waals surface area contributed by atoms with Crippen LogP contribution in [0, 0.1) is 0 Å². The lowest BCUT2D eigenvalue weighted by Gasteiger charge is -2.23. The van der Waals surface area contributed by atoms with Gasteiger partial charge in [0.15, 0.2) is 5.82 Å². The number of aryl methyl sites for hydroxylation is 1. The Kier molecular flexibility index (Phi) is 5.83. The van der Waals surface area contributed by atoms with Gasteiger partial charge in [-0.15, -0.1) is 0 Å². The van der Waals surface area contributed by atoms with Crippen LogP contribution in [0.15, 0.2) is 47.0 Å². The molecule has 3 aromatic rings. The third-order valence-electron chi connectivity index (χ3n) is 6.05. The van der Waals surface area contributed by atoms with E-state index >= 15 is 0 Å². The van der Waals surface area contributed by atoms with E-state index in [1.54, 1.807) is 6.20 Å². The number of hydrogen-bond acceptors (Lipinski definition) is 8. The van der Waals surface area contributed by atoms with Crippen LogP contribution in [0.5, 0.6) is 0 Å². The minimum absolute atomic E-state index is 0.386. The van der Waals surface area contributed by atoms with Crippen molar-refractivity contribution in [2.45, 2.75) is 45.3 Å². The van der Waals surface area contributed by atoms with Crippen LogP contribution in [0.3, 0.4) is 0 Å². The largest absolute Gasteiger partial charge is 0.384 e. The summed E-state index contributed by atoms with van der Waals surface area (Å²) in [6.45, 7) is 5.85. The van der Waals surface area contributed by atoms with Crippen molar-refractivity contribution in [1.82, 2.24) is 25.2 Å². The van der Waals surface area contributed by atoms with Gasteiger partial charge in [-0.3, -0.25) is 4.98 Å². The molecular weight excluding hydrogens is 404 g/mol. The summed E-state index contributed by atoms with van der Waals surface area (Å²) in [6.07, 6.45) is 6.45. The van der Waals surface area contributed by atoms with Crippen LogP contribution in [0.2, 0.25) is 0 Å². The average Bonchev–Trinajstić information content (AvgIpc) is 3.22. The fourth-order valence-electron chi connectivity index (χ4n) is 4.44. The van der Waals surface area contributed by atoms with Crippen molar-refractivity contribution < 1.29 is 4.94 Å². The standard InChI is InChI=1S/C23H28N8O/c1-2-31-22-18(13-26-14-20(22)28-23(31)19-11-21(24)30-32-29-19)16-5-3-4-15(10-16)12-27-17-6-8-25-9-7-17/h3-5,10,13-14,17,25,27H,2,6-9,11-12H2,1H3,(H2,24,30). The summed E-state index contributed by atoms with van der Waals surface area (Å²) in [5, 5.41) is 14.9. The SMILES string of the molecule is CCn1c(C2=NON=C(N)C2)nc2cncc(-c3cccc(CNC4CCNCC4)c3)c21. The molecule has 9 nitrogen and oxygen atoms in total. The first kappa shape index (κ1) is 20.6. The summed E-state index contributed by atoms with van der Waals surface area (Å²) < 4.78 is 2.15. The molecule has 0 atom stereocenters. The average molecular weight is 433 g/mol. The van der Waals surface area contributed by atoms with Crippen molar-refractivity contribution in [1.29, 1.82) is 0 Å². The molecule has 166 valence electrons. The van der Waals surface area contributed by atoms with Crippen LogP contribution < -0.4 is 16.4 Å². The molecule has 0 amide bonds. The van der Waals surface area contributed by atoms with E-state index in [1.165, 1.54) is 18.4 Å². The van der Waals surface area contributed by atoms with E-state index in [2.05, 4.69) is 61.7 Å². The molecule has 1 saturated heterocycles. The van der Waals surface area contributed by atoms with Crippen molar-refractivity contribution >= 4 is 22.6 Å². The fourth-order valence-corrected chi connectivity index (χ4v) is 4.44. The lowest BCUT2D eigenvalue weighted by Crippen LogP contribution is -2.39. The first-order valence-corrected chi connectivity index (χ1v) is 11.2. The minimum atomic E-state index is 0.386. The van der Waals surface area contributed by atoms with Crippen molar-refractivity contribution in [3.05, 3.63) is 48.0 Å². The van der Waals surface area contributed by atoms with Crippen molar-refractivity contribution in [2.75, 3.05) is 13.1 Å². The van der Waals surface area contributed by atoms with Crippen LogP contribution in [0.1, 0.15) is 37.6 Å². The lowest BCUT2D eigenvalue weighted by atomic mass is 10.0. The molecular formula is C23H28N8O. The Morgan fingerprint density at radius 2 is 2.09 bits per heavy atom. The van der Waals surface area contributed by atoms with Crippen molar-refractivity contribution in [3.63, 3.8) is 0 Å².